The van der Waals surface area contributed by atoms with E-state index in [1.807, 2.05) is 61.6 Å². The third-order valence-electron chi connectivity index (χ3n) is 18.5. The summed E-state index contributed by atoms with van der Waals surface area (Å²) < 4.78 is 5.85. The van der Waals surface area contributed by atoms with E-state index in [1.165, 1.54) is 111 Å². The zero-order valence-corrected chi connectivity index (χ0v) is 64.6. The van der Waals surface area contributed by atoms with Crippen molar-refractivity contribution in [3.8, 4) is 0 Å². The van der Waals surface area contributed by atoms with Crippen molar-refractivity contribution in [1.82, 2.24) is 60.5 Å². The molecule has 0 radical (unpaired) electrons. The van der Waals surface area contributed by atoms with Gasteiger partial charge in [-0.15, -0.1) is 11.8 Å². The number of hydrogen-bond acceptors (Lipinski definition) is 15. The van der Waals surface area contributed by atoms with Crippen molar-refractivity contribution in [2.24, 2.45) is 35.5 Å². The second-order valence-corrected chi connectivity index (χ2v) is 30.7. The number of methoxy groups -OCH3 is 1. The summed E-state index contributed by atoms with van der Waals surface area (Å²) in [5, 5.41) is 22.2. The first kappa shape index (κ1) is 88.2. The Morgan fingerprint density at radius 2 is 1.00 bits per heavy atom. The van der Waals surface area contributed by atoms with Gasteiger partial charge in [-0.3, -0.25) is 52.7 Å². The zero-order valence-electron chi connectivity index (χ0n) is 63.8. The maximum Gasteiger partial charge on any atom is 0.256 e. The Labute approximate surface area is 580 Å². The van der Waals surface area contributed by atoms with Crippen LogP contribution in [0.1, 0.15) is 176 Å². The number of rotatable bonds is 22. The van der Waals surface area contributed by atoms with Crippen LogP contribution in [0.2, 0.25) is 0 Å². The molecule has 0 aliphatic carbocycles. The number of nitrogens with one attached hydrogen (secondary N) is 4. The van der Waals surface area contributed by atoms with E-state index in [9.17, 15) is 24.3 Å². The van der Waals surface area contributed by atoms with Crippen LogP contribution in [0.4, 0.5) is 0 Å². The van der Waals surface area contributed by atoms with Crippen molar-refractivity contribution in [3.63, 3.8) is 0 Å². The molecule has 1 saturated heterocycles. The van der Waals surface area contributed by atoms with Crippen molar-refractivity contribution in [2.45, 2.75) is 260 Å². The smallest absolute Gasteiger partial charge is 0.256 e. The number of likely N-dealkylation sites (N-methyl/N-ethyl adjacent to an activating group) is 7. The summed E-state index contributed by atoms with van der Waals surface area (Å²) in [4.78, 5) is 176. The number of allylic oxidation sites excluding steroid dienone is 2. The minimum Gasteiger partial charge on any atom is -0.390 e. The first-order valence-corrected chi connectivity index (χ1v) is 35.6. The average molecular weight is 1380 g/mol. The Morgan fingerprint density at radius 3 is 1.47 bits per heavy atom. The Kier molecular flexibility index (Phi) is 37.0. The molecule has 0 aromatic heterocycles. The SMILES string of the molecule is C/C=C/C[C@@H](C)[C@@H](O)[C@H]1C(=O)N[C@@H](CC)C(=O)N(C)[C@H](SCCCN(C)C(C)C)C(=O)N(C)[C@@H](CC(C)(C)OC)C(=O)N[C@@H](C(C)C)C(=O)N(C)[C@@H](CC(C)C)C(=O)N[C@@H](C)C(=O)N[C@H](C)C(=O)N(C)[C@@H](CC(C)C)C(=O)N(C)[C@@H](CC(C)C)C(=O)N(C)[C@@H](C(C)C)C(=O)N1C. The number of amides is 11. The van der Waals surface area contributed by atoms with Gasteiger partial charge in [-0.05, 0) is 142 Å². The second-order valence-electron chi connectivity index (χ2n) is 29.5. The zero-order chi connectivity index (χ0) is 74.5. The molecule has 0 bridgehead atoms. The van der Waals surface area contributed by atoms with Gasteiger partial charge in [0.25, 0.3) is 5.91 Å². The van der Waals surface area contributed by atoms with Crippen molar-refractivity contribution in [1.29, 1.82) is 0 Å². The lowest BCUT2D eigenvalue weighted by molar-refractivity contribution is -0.157. The molecule has 26 heteroatoms. The summed E-state index contributed by atoms with van der Waals surface area (Å²) >= 11 is 1.17. The van der Waals surface area contributed by atoms with Crippen molar-refractivity contribution in [2.75, 3.05) is 75.8 Å². The van der Waals surface area contributed by atoms with Crippen LogP contribution in [0.15, 0.2) is 12.2 Å². The number of aliphatic hydroxyl groups is 1. The minimum absolute atomic E-state index is 0.0136. The molecule has 25 nitrogen and oxygen atoms in total. The highest BCUT2D eigenvalue weighted by atomic mass is 32.2. The van der Waals surface area contributed by atoms with Gasteiger partial charge in [0, 0.05) is 68.9 Å². The molecule has 1 aliphatic rings. The van der Waals surface area contributed by atoms with Gasteiger partial charge >= 0.3 is 0 Å². The van der Waals surface area contributed by atoms with E-state index in [4.69, 9.17) is 4.74 Å². The molecule has 0 aromatic rings. The quantitative estimate of drug-likeness (QED) is 0.0717. The van der Waals surface area contributed by atoms with Crippen LogP contribution in [-0.2, 0) is 57.5 Å². The van der Waals surface area contributed by atoms with Crippen LogP contribution < -0.4 is 21.3 Å². The van der Waals surface area contributed by atoms with Crippen molar-refractivity contribution < 1.29 is 62.6 Å². The van der Waals surface area contributed by atoms with Gasteiger partial charge in [0.2, 0.25) is 59.1 Å². The van der Waals surface area contributed by atoms with Gasteiger partial charge < -0.3 is 70.3 Å². The van der Waals surface area contributed by atoms with E-state index in [-0.39, 0.29) is 55.9 Å². The third kappa shape index (κ3) is 25.1. The fourth-order valence-corrected chi connectivity index (χ4v) is 12.9. The molecule has 96 heavy (non-hydrogen) atoms. The molecule has 11 amide bonds. The molecular weight excluding hydrogens is 1250 g/mol. The molecule has 0 unspecified atom stereocenters. The van der Waals surface area contributed by atoms with Crippen LogP contribution in [0.25, 0.3) is 0 Å². The number of aliphatic hydroxyl groups excluding tert-OH is 1. The first-order valence-electron chi connectivity index (χ1n) is 34.5. The number of carbonyl (C=O) groups excluding carboxylic acids is 11. The maximum absolute atomic E-state index is 15.5. The standard InChI is InChI=1S/C70H128N12O13S/c1-29-31-33-46(15)57(83)56-61(87)73-49(30-2)63(89)82(27)69(96-35-32-34-75(20)45(13)14)68(94)79(24)53(39-70(18,19)95-28)60(86)74-54(43(9)10)66(92)76(21)50(36-40(3)4)59(85)71-47(16)58(84)72-48(17)62(88)77(22)51(37-41(5)6)64(90)78(23)52(38-42(7)8)65(91)80(25)55(44(11)12)67(93)81(56)26/h29,31,40-57,69,83H,30,32-39H2,1-28H3,(H,71,85)(H,72,84)(H,73,87)(H,74,86)/b31-29+/t46-,47+,48-,49+,50+,51+,52+,53+,54+,55+,56+,57-,69-/m1/s1. The number of ether oxygens (including phenoxy) is 1. The lowest BCUT2D eigenvalue weighted by Gasteiger charge is -2.41. The molecule has 5 N–H and O–H groups in total. The van der Waals surface area contributed by atoms with Crippen LogP contribution in [-0.4, -0.2) is 269 Å². The molecule has 1 aliphatic heterocycles. The molecule has 1 heterocycles. The summed E-state index contributed by atoms with van der Waals surface area (Å²) in [6.07, 6.45) is 3.26. The predicted octanol–water partition coefficient (Wildman–Crippen LogP) is 4.83. The van der Waals surface area contributed by atoms with Crippen LogP contribution >= 0.6 is 11.8 Å². The number of hydrogen-bond donors (Lipinski definition) is 5. The fourth-order valence-electron chi connectivity index (χ4n) is 11.7. The highest BCUT2D eigenvalue weighted by Crippen LogP contribution is 2.28. The van der Waals surface area contributed by atoms with Crippen LogP contribution in [0.3, 0.4) is 0 Å². The van der Waals surface area contributed by atoms with E-state index in [1.54, 1.807) is 61.5 Å². The summed E-state index contributed by atoms with van der Waals surface area (Å²) in [5.74, 6) is -9.59. The largest absolute Gasteiger partial charge is 0.390 e. The highest BCUT2D eigenvalue weighted by Gasteiger charge is 2.47. The average Bonchev–Trinajstić information content (AvgIpc) is 0.811. The van der Waals surface area contributed by atoms with Crippen LogP contribution in [0, 0.1) is 35.5 Å². The summed E-state index contributed by atoms with van der Waals surface area (Å²) in [6.45, 7) is 34.4. The molecule has 0 spiro atoms. The Bertz CT molecular complexity index is 2620. The molecule has 0 saturated carbocycles. The van der Waals surface area contributed by atoms with E-state index in [2.05, 4.69) is 40.0 Å². The van der Waals surface area contributed by atoms with Crippen LogP contribution in [0.5, 0.6) is 0 Å². The monoisotopic (exact) mass is 1380 g/mol. The third-order valence-corrected chi connectivity index (χ3v) is 19.9. The summed E-state index contributed by atoms with van der Waals surface area (Å²) in [5.41, 5.74) is -1.05. The molecule has 13 atom stereocenters. The van der Waals surface area contributed by atoms with Gasteiger partial charge in [0.1, 0.15) is 60.4 Å². The Morgan fingerprint density at radius 1 is 0.542 bits per heavy atom. The van der Waals surface area contributed by atoms with Crippen molar-refractivity contribution >= 4 is 76.7 Å². The number of thioether (sulfide) groups is 1. The van der Waals surface area contributed by atoms with E-state index < -0.39 is 160 Å². The highest BCUT2D eigenvalue weighted by molar-refractivity contribution is 8.00. The van der Waals surface area contributed by atoms with Gasteiger partial charge in [-0.2, -0.15) is 0 Å². The predicted molar refractivity (Wildman–Crippen MR) is 378 cm³/mol. The van der Waals surface area contributed by atoms with Gasteiger partial charge in [-0.1, -0.05) is 95.2 Å². The maximum atomic E-state index is 15.5. The molecule has 552 valence electrons. The fraction of sp³-hybridized carbons (Fsp3) is 0.814. The summed E-state index contributed by atoms with van der Waals surface area (Å²) in [6, 6.07) is -12.7. The van der Waals surface area contributed by atoms with Gasteiger partial charge in [-0.25, -0.2) is 0 Å². The minimum atomic E-state index is -1.65. The van der Waals surface area contributed by atoms with E-state index in [0.717, 1.165) is 4.90 Å². The van der Waals surface area contributed by atoms with Crippen molar-refractivity contribution in [3.05, 3.63) is 12.2 Å². The molecule has 0 aromatic carbocycles. The molecule has 1 rings (SSSR count). The van der Waals surface area contributed by atoms with E-state index in [0.29, 0.717) is 25.1 Å². The number of nitrogens with zero attached hydrogens (tertiary/aromatic N) is 8. The second kappa shape index (κ2) is 40.3. The lowest BCUT2D eigenvalue weighted by Crippen LogP contribution is -2.64. The number of carbonyl (C=O) groups is 11. The summed E-state index contributed by atoms with van der Waals surface area (Å²) in [7, 11) is 13.5. The Hall–Kier alpha value is -5.86. The Balaban J connectivity index is 4.62. The normalized spacial score (nSPS) is 26.2. The van der Waals surface area contributed by atoms with Gasteiger partial charge in [0.05, 0.1) is 11.7 Å². The van der Waals surface area contributed by atoms with Gasteiger partial charge in [0.15, 0.2) is 5.37 Å². The topological polar surface area (TPSA) is 291 Å². The molecule has 1 fully saturated rings. The first-order chi connectivity index (χ1) is 44.3. The molecular formula is C70H128N12O13S. The van der Waals surface area contributed by atoms with E-state index >= 15 is 33.6 Å². The lowest BCUT2D eigenvalue weighted by atomic mass is 9.91.